The van der Waals surface area contributed by atoms with Gasteiger partial charge in [-0.25, -0.2) is 0 Å². The monoisotopic (exact) mass is 368 g/mol. The summed E-state index contributed by atoms with van der Waals surface area (Å²) in [4.78, 5) is 14.7. The Morgan fingerprint density at radius 3 is 2.46 bits per heavy atom. The number of fused-ring (bicyclic) bond motifs is 1. The zero-order chi connectivity index (χ0) is 18.3. The Labute approximate surface area is 157 Å². The lowest BCUT2D eigenvalue weighted by atomic mass is 9.84. The summed E-state index contributed by atoms with van der Waals surface area (Å²) in [5.74, 6) is 0.0221. The second-order valence-electron chi connectivity index (χ2n) is 7.03. The molecule has 1 amide bonds. The topological polar surface area (TPSA) is 45.5 Å². The molecule has 0 bridgehead atoms. The maximum atomic E-state index is 12.9. The zero-order valence-electron chi connectivity index (χ0n) is 14.7. The third kappa shape index (κ3) is 3.00. The molecule has 1 aliphatic rings. The summed E-state index contributed by atoms with van der Waals surface area (Å²) in [5, 5.41) is 12.7. The highest BCUT2D eigenvalue weighted by molar-refractivity contribution is 6.30. The molecule has 1 aliphatic heterocycles. The van der Waals surface area contributed by atoms with Crippen LogP contribution in [-0.4, -0.2) is 33.6 Å². The number of carbonyl (C=O) groups excluding carboxylic acids is 1. The van der Waals surface area contributed by atoms with Gasteiger partial charge in [-0.05, 0) is 54.8 Å². The molecule has 3 aromatic rings. The Bertz CT molecular complexity index is 954. The average molecular weight is 369 g/mol. The first-order chi connectivity index (χ1) is 12.5. The molecule has 2 aromatic carbocycles. The second kappa shape index (κ2) is 6.45. The lowest BCUT2D eigenvalue weighted by molar-refractivity contribution is -0.0211. The molecule has 26 heavy (non-hydrogen) atoms. The molecule has 1 fully saturated rings. The quantitative estimate of drug-likeness (QED) is 0.744. The molecule has 134 valence electrons. The first-order valence-corrected chi connectivity index (χ1v) is 9.17. The number of aliphatic hydroxyl groups is 1. The summed E-state index contributed by atoms with van der Waals surface area (Å²) in [5.41, 5.74) is 1.77. The average Bonchev–Trinajstić information content (AvgIpc) is 3.03. The summed E-state index contributed by atoms with van der Waals surface area (Å²) in [6.45, 7) is 1.07. The molecule has 0 radical (unpaired) electrons. The van der Waals surface area contributed by atoms with E-state index in [1.165, 1.54) is 0 Å². The summed E-state index contributed by atoms with van der Waals surface area (Å²) >= 11 is 5.94. The van der Waals surface area contributed by atoms with E-state index < -0.39 is 5.60 Å². The van der Waals surface area contributed by atoms with Crippen LogP contribution in [0.4, 0.5) is 0 Å². The molecule has 2 heterocycles. The molecule has 0 spiro atoms. The number of likely N-dealkylation sites (tertiary alicyclic amines) is 1. The van der Waals surface area contributed by atoms with Crippen molar-refractivity contribution in [2.75, 3.05) is 13.1 Å². The summed E-state index contributed by atoms with van der Waals surface area (Å²) in [6.07, 6.45) is 3.04. The SMILES string of the molecule is Cn1ccc2cc(C(=O)N3CCC(O)(c4ccc(Cl)cc4)CC3)ccc21. The van der Waals surface area contributed by atoms with Crippen molar-refractivity contribution >= 4 is 28.4 Å². The van der Waals surface area contributed by atoms with Crippen LogP contribution in [0.2, 0.25) is 5.02 Å². The Morgan fingerprint density at radius 1 is 1.08 bits per heavy atom. The van der Waals surface area contributed by atoms with E-state index in [9.17, 15) is 9.90 Å². The molecule has 1 aromatic heterocycles. The third-order valence-electron chi connectivity index (χ3n) is 5.39. The van der Waals surface area contributed by atoms with Crippen LogP contribution in [0.1, 0.15) is 28.8 Å². The van der Waals surface area contributed by atoms with Gasteiger partial charge in [-0.15, -0.1) is 0 Å². The maximum absolute atomic E-state index is 12.9. The number of halogens is 1. The molecule has 0 aliphatic carbocycles. The van der Waals surface area contributed by atoms with E-state index in [0.29, 0.717) is 36.5 Å². The van der Waals surface area contributed by atoms with Crippen LogP contribution in [0.5, 0.6) is 0 Å². The van der Waals surface area contributed by atoms with Gasteiger partial charge in [0.25, 0.3) is 5.91 Å². The fourth-order valence-corrected chi connectivity index (χ4v) is 3.85. The van der Waals surface area contributed by atoms with Crippen molar-refractivity contribution < 1.29 is 9.90 Å². The summed E-state index contributed by atoms with van der Waals surface area (Å²) in [7, 11) is 1.99. The smallest absolute Gasteiger partial charge is 0.253 e. The molecule has 4 nitrogen and oxygen atoms in total. The number of carbonyl (C=O) groups is 1. The normalized spacial score (nSPS) is 16.8. The van der Waals surface area contributed by atoms with E-state index in [4.69, 9.17) is 11.6 Å². The van der Waals surface area contributed by atoms with Crippen molar-refractivity contribution in [1.29, 1.82) is 0 Å². The van der Waals surface area contributed by atoms with Gasteiger partial charge >= 0.3 is 0 Å². The Kier molecular flexibility index (Phi) is 4.25. The molecule has 0 unspecified atom stereocenters. The van der Waals surface area contributed by atoms with E-state index in [1.807, 2.05) is 59.1 Å². The van der Waals surface area contributed by atoms with Gasteiger partial charge in [-0.1, -0.05) is 23.7 Å². The van der Waals surface area contributed by atoms with Gasteiger partial charge < -0.3 is 14.6 Å². The van der Waals surface area contributed by atoms with Crippen molar-refractivity contribution in [3.8, 4) is 0 Å². The number of hydrogen-bond donors (Lipinski definition) is 1. The zero-order valence-corrected chi connectivity index (χ0v) is 15.4. The molecule has 1 N–H and O–H groups in total. The van der Waals surface area contributed by atoms with Gasteiger partial charge in [-0.3, -0.25) is 4.79 Å². The predicted octanol–water partition coefficient (Wildman–Crippen LogP) is 3.96. The van der Waals surface area contributed by atoms with Gasteiger partial charge in [0, 0.05) is 47.8 Å². The number of rotatable bonds is 2. The van der Waals surface area contributed by atoms with Crippen LogP contribution in [0.25, 0.3) is 10.9 Å². The van der Waals surface area contributed by atoms with Gasteiger partial charge in [0.05, 0.1) is 5.60 Å². The van der Waals surface area contributed by atoms with Crippen LogP contribution < -0.4 is 0 Å². The van der Waals surface area contributed by atoms with Crippen molar-refractivity contribution in [1.82, 2.24) is 9.47 Å². The number of hydrogen-bond acceptors (Lipinski definition) is 2. The van der Waals surface area contributed by atoms with Gasteiger partial charge in [0.2, 0.25) is 0 Å². The fourth-order valence-electron chi connectivity index (χ4n) is 3.73. The minimum atomic E-state index is -0.898. The molecular weight excluding hydrogens is 348 g/mol. The fraction of sp³-hybridized carbons (Fsp3) is 0.286. The van der Waals surface area contributed by atoms with Crippen LogP contribution >= 0.6 is 11.6 Å². The molecule has 4 rings (SSSR count). The largest absolute Gasteiger partial charge is 0.385 e. The highest BCUT2D eigenvalue weighted by Crippen LogP contribution is 2.34. The Morgan fingerprint density at radius 2 is 1.77 bits per heavy atom. The highest BCUT2D eigenvalue weighted by Gasteiger charge is 2.35. The van der Waals surface area contributed by atoms with Crippen LogP contribution in [0.15, 0.2) is 54.7 Å². The van der Waals surface area contributed by atoms with Gasteiger partial charge in [-0.2, -0.15) is 0 Å². The first-order valence-electron chi connectivity index (χ1n) is 8.79. The molecule has 0 saturated carbocycles. The van der Waals surface area contributed by atoms with E-state index >= 15 is 0 Å². The van der Waals surface area contributed by atoms with Crippen LogP contribution in [-0.2, 0) is 12.6 Å². The summed E-state index contributed by atoms with van der Waals surface area (Å²) < 4.78 is 2.04. The van der Waals surface area contributed by atoms with E-state index in [0.717, 1.165) is 16.5 Å². The number of aryl methyl sites for hydroxylation is 1. The van der Waals surface area contributed by atoms with E-state index in [1.54, 1.807) is 12.1 Å². The van der Waals surface area contributed by atoms with Crippen LogP contribution in [0, 0.1) is 0 Å². The molecule has 0 atom stereocenters. The van der Waals surface area contributed by atoms with Crippen LogP contribution in [0.3, 0.4) is 0 Å². The standard InChI is InChI=1S/C21H21ClN2O2/c1-23-11-8-15-14-16(2-7-19(15)23)20(25)24-12-9-21(26,10-13-24)17-3-5-18(22)6-4-17/h2-8,11,14,26H,9-10,12-13H2,1H3. The minimum absolute atomic E-state index is 0.0221. The van der Waals surface area contributed by atoms with Crippen molar-refractivity contribution in [3.05, 3.63) is 70.9 Å². The number of amides is 1. The van der Waals surface area contributed by atoms with Gasteiger partial charge in [0.1, 0.15) is 0 Å². The second-order valence-corrected chi connectivity index (χ2v) is 7.47. The number of nitrogens with zero attached hydrogens (tertiary/aromatic N) is 2. The molecule has 5 heteroatoms. The molecule has 1 saturated heterocycles. The Balaban J connectivity index is 1.49. The number of piperidine rings is 1. The number of aromatic nitrogens is 1. The predicted molar refractivity (Wildman–Crippen MR) is 103 cm³/mol. The third-order valence-corrected chi connectivity index (χ3v) is 5.64. The minimum Gasteiger partial charge on any atom is -0.385 e. The maximum Gasteiger partial charge on any atom is 0.253 e. The summed E-state index contributed by atoms with van der Waals surface area (Å²) in [6, 6.07) is 15.1. The van der Waals surface area contributed by atoms with E-state index in [-0.39, 0.29) is 5.91 Å². The Hall–Kier alpha value is -2.30. The lowest BCUT2D eigenvalue weighted by Gasteiger charge is -2.38. The molecular formula is C21H21ClN2O2. The van der Waals surface area contributed by atoms with E-state index in [2.05, 4.69) is 0 Å². The first kappa shape index (κ1) is 17.1. The van der Waals surface area contributed by atoms with Crippen molar-refractivity contribution in [3.63, 3.8) is 0 Å². The highest BCUT2D eigenvalue weighted by atomic mass is 35.5. The van der Waals surface area contributed by atoms with Gasteiger partial charge in [0.15, 0.2) is 0 Å². The lowest BCUT2D eigenvalue weighted by Crippen LogP contribution is -2.45. The van der Waals surface area contributed by atoms with Crippen molar-refractivity contribution in [2.45, 2.75) is 18.4 Å². The number of benzene rings is 2. The van der Waals surface area contributed by atoms with Crippen molar-refractivity contribution in [2.24, 2.45) is 7.05 Å².